The van der Waals surface area contributed by atoms with Crippen LogP contribution in [0.3, 0.4) is 0 Å². The minimum absolute atomic E-state index is 0.0716. The molecule has 0 aromatic heterocycles. The summed E-state index contributed by atoms with van der Waals surface area (Å²) < 4.78 is 18.0. The predicted octanol–water partition coefficient (Wildman–Crippen LogP) is 3.12. The first kappa shape index (κ1) is 16.6. The van der Waals surface area contributed by atoms with E-state index in [2.05, 4.69) is 23.1 Å². The molecule has 1 aliphatic rings. The maximum Gasteiger partial charge on any atom is 0.371 e. The van der Waals surface area contributed by atoms with Crippen LogP contribution < -0.4 is 0 Å². The van der Waals surface area contributed by atoms with Gasteiger partial charge in [-0.1, -0.05) is 26.7 Å². The van der Waals surface area contributed by atoms with Crippen LogP contribution in [0.4, 0.5) is 0 Å². The van der Waals surface area contributed by atoms with Gasteiger partial charge in [0.2, 0.25) is 0 Å². The predicted molar refractivity (Wildman–Crippen MR) is 81.1 cm³/mol. The van der Waals surface area contributed by atoms with E-state index < -0.39 is 8.56 Å². The molecule has 0 N–H and O–H groups in total. The average Bonchev–Trinajstić information content (AvgIpc) is 2.37. The fraction of sp³-hybridized carbons (Fsp3) is 1.00. The van der Waals surface area contributed by atoms with E-state index >= 15 is 0 Å². The van der Waals surface area contributed by atoms with Gasteiger partial charge < -0.3 is 13.6 Å². The van der Waals surface area contributed by atoms with Crippen molar-refractivity contribution >= 4 is 17.8 Å². The quantitative estimate of drug-likeness (QED) is 0.556. The Morgan fingerprint density at radius 1 is 1.17 bits per heavy atom. The van der Waals surface area contributed by atoms with Crippen molar-refractivity contribution in [2.45, 2.75) is 50.8 Å². The topological polar surface area (TPSA) is 27.7 Å². The van der Waals surface area contributed by atoms with Crippen molar-refractivity contribution in [3.05, 3.63) is 0 Å². The zero-order valence-corrected chi connectivity index (χ0v) is 14.7. The molecule has 1 saturated heterocycles. The molecule has 0 aliphatic carbocycles. The largest absolute Gasteiger partial charge is 0.396 e. The summed E-state index contributed by atoms with van der Waals surface area (Å²) in [4.78, 5) is 0. The first-order valence-corrected chi connectivity index (χ1v) is 9.65. The van der Waals surface area contributed by atoms with Crippen molar-refractivity contribution < 1.29 is 13.6 Å². The summed E-state index contributed by atoms with van der Waals surface area (Å²) in [7, 11) is 5.93. The highest BCUT2D eigenvalue weighted by molar-refractivity contribution is 7.16. The summed E-state index contributed by atoms with van der Waals surface area (Å²) in [5.41, 5.74) is 0.0716. The Morgan fingerprint density at radius 3 is 2.22 bits per heavy atom. The molecule has 0 amide bonds. The Bertz CT molecular complexity index is 269. The number of methoxy groups -OCH3 is 1. The fourth-order valence-corrected chi connectivity index (χ4v) is 8.79. The van der Waals surface area contributed by atoms with Gasteiger partial charge in [0.25, 0.3) is 0 Å². The first-order chi connectivity index (χ1) is 8.45. The molecule has 3 nitrogen and oxygen atoms in total. The molecule has 18 heavy (non-hydrogen) atoms. The van der Waals surface area contributed by atoms with Crippen LogP contribution >= 0.6 is 9.24 Å². The van der Waals surface area contributed by atoms with Gasteiger partial charge in [-0.2, -0.15) is 0 Å². The van der Waals surface area contributed by atoms with E-state index in [4.69, 9.17) is 13.6 Å². The average molecular weight is 292 g/mol. The standard InChI is InChI=1S/C13H29O3PSi/c1-12(2,9-10-17)13(14-3)8-6-7-11-18(13,15-4)16-5/h6-11,17H2,1-5H3. The van der Waals surface area contributed by atoms with Gasteiger partial charge in [-0.3, -0.25) is 0 Å². The van der Waals surface area contributed by atoms with Crippen LogP contribution in [0.25, 0.3) is 0 Å². The SMILES string of the molecule is COC1(C(C)(C)CCP)CCCC[Si]1(OC)OC. The highest BCUT2D eigenvalue weighted by Crippen LogP contribution is 2.51. The monoisotopic (exact) mass is 292 g/mol. The Hall–Kier alpha value is 0.527. The first-order valence-electron chi connectivity index (χ1n) is 6.81. The van der Waals surface area contributed by atoms with Crippen molar-refractivity contribution in [2.24, 2.45) is 5.41 Å². The van der Waals surface area contributed by atoms with Crippen LogP contribution in [0.2, 0.25) is 6.04 Å². The second-order valence-corrected chi connectivity index (χ2v) is 10.0. The van der Waals surface area contributed by atoms with Crippen LogP contribution in [-0.2, 0) is 13.6 Å². The fourth-order valence-electron chi connectivity index (χ4n) is 3.69. The minimum atomic E-state index is -2.31. The van der Waals surface area contributed by atoms with Gasteiger partial charge in [-0.15, -0.1) is 9.24 Å². The smallest absolute Gasteiger partial charge is 0.371 e. The zero-order chi connectivity index (χ0) is 13.9. The number of hydrogen-bond donors (Lipinski definition) is 0. The van der Waals surface area contributed by atoms with Crippen LogP contribution in [0, 0.1) is 5.41 Å². The van der Waals surface area contributed by atoms with E-state index in [1.54, 1.807) is 14.2 Å². The second kappa shape index (κ2) is 6.32. The normalized spacial score (nSPS) is 28.3. The Balaban J connectivity index is 3.22. The molecule has 1 rings (SSSR count). The lowest BCUT2D eigenvalue weighted by molar-refractivity contribution is -0.0869. The molecule has 1 fully saturated rings. The van der Waals surface area contributed by atoms with Crippen molar-refractivity contribution in [3.63, 3.8) is 0 Å². The van der Waals surface area contributed by atoms with Gasteiger partial charge in [-0.05, 0) is 30.5 Å². The van der Waals surface area contributed by atoms with E-state index in [-0.39, 0.29) is 10.6 Å². The summed E-state index contributed by atoms with van der Waals surface area (Å²) in [5, 5.41) is -0.238. The van der Waals surface area contributed by atoms with Crippen LogP contribution in [-0.4, -0.2) is 41.3 Å². The van der Waals surface area contributed by atoms with E-state index in [0.717, 1.165) is 25.0 Å². The molecule has 0 aromatic rings. The third-order valence-electron chi connectivity index (χ3n) is 4.77. The van der Waals surface area contributed by atoms with E-state index in [9.17, 15) is 0 Å². The number of ether oxygens (including phenoxy) is 1. The highest BCUT2D eigenvalue weighted by atomic mass is 31.0. The van der Waals surface area contributed by atoms with Crippen molar-refractivity contribution in [2.75, 3.05) is 27.5 Å². The summed E-state index contributed by atoms with van der Waals surface area (Å²) in [6, 6.07) is 1.04. The summed E-state index contributed by atoms with van der Waals surface area (Å²) in [6.45, 7) is 4.59. The molecule has 0 radical (unpaired) electrons. The van der Waals surface area contributed by atoms with Gasteiger partial charge in [0.1, 0.15) is 5.22 Å². The molecule has 0 saturated carbocycles. The van der Waals surface area contributed by atoms with E-state index in [1.165, 1.54) is 12.8 Å². The lowest BCUT2D eigenvalue weighted by atomic mass is 9.80. The van der Waals surface area contributed by atoms with Crippen molar-refractivity contribution in [3.8, 4) is 0 Å². The third kappa shape index (κ3) is 2.43. The van der Waals surface area contributed by atoms with Gasteiger partial charge in [0, 0.05) is 21.3 Å². The van der Waals surface area contributed by atoms with Gasteiger partial charge >= 0.3 is 8.56 Å². The van der Waals surface area contributed by atoms with Gasteiger partial charge in [-0.25, -0.2) is 0 Å². The van der Waals surface area contributed by atoms with E-state index in [1.807, 2.05) is 7.11 Å². The maximum atomic E-state index is 6.10. The number of rotatable bonds is 6. The van der Waals surface area contributed by atoms with Crippen LogP contribution in [0.5, 0.6) is 0 Å². The van der Waals surface area contributed by atoms with Gasteiger partial charge in [0.15, 0.2) is 0 Å². The Kier molecular flexibility index (Phi) is 5.82. The molecule has 2 unspecified atom stereocenters. The Labute approximate surface area is 115 Å². The van der Waals surface area contributed by atoms with Crippen LogP contribution in [0.1, 0.15) is 39.5 Å². The summed E-state index contributed by atoms with van der Waals surface area (Å²) >= 11 is 0. The lowest BCUT2D eigenvalue weighted by Gasteiger charge is -2.55. The number of hydrogen-bond acceptors (Lipinski definition) is 3. The minimum Gasteiger partial charge on any atom is -0.396 e. The molecule has 5 heteroatoms. The van der Waals surface area contributed by atoms with Gasteiger partial charge in [0.05, 0.1) is 0 Å². The Morgan fingerprint density at radius 2 is 1.78 bits per heavy atom. The van der Waals surface area contributed by atoms with Crippen molar-refractivity contribution in [1.82, 2.24) is 0 Å². The molecule has 0 bridgehead atoms. The van der Waals surface area contributed by atoms with Crippen LogP contribution in [0.15, 0.2) is 0 Å². The summed E-state index contributed by atoms with van der Waals surface area (Å²) in [5.74, 6) is 0. The molecule has 0 spiro atoms. The molecule has 1 heterocycles. The lowest BCUT2D eigenvalue weighted by Crippen LogP contribution is -2.70. The summed E-state index contributed by atoms with van der Waals surface area (Å²) in [6.07, 6.45) is 5.63. The van der Waals surface area contributed by atoms with E-state index in [0.29, 0.717) is 0 Å². The molecule has 0 aromatic carbocycles. The second-order valence-electron chi connectivity index (χ2n) is 5.82. The molecule has 108 valence electrons. The molecular formula is C13H29O3PSi. The third-order valence-corrected chi connectivity index (χ3v) is 9.75. The zero-order valence-electron chi connectivity index (χ0n) is 12.5. The maximum absolute atomic E-state index is 6.10. The highest BCUT2D eigenvalue weighted by Gasteiger charge is 2.65. The molecule has 1 aliphatic heterocycles. The molecular weight excluding hydrogens is 263 g/mol. The van der Waals surface area contributed by atoms with Crippen molar-refractivity contribution in [1.29, 1.82) is 0 Å². The molecule has 2 atom stereocenters.